The molecule has 1 unspecified atom stereocenters. The Hall–Kier alpha value is -2.24. The maximum absolute atomic E-state index is 5.57. The summed E-state index contributed by atoms with van der Waals surface area (Å²) in [5.41, 5.74) is 2.23. The second-order valence-corrected chi connectivity index (χ2v) is 5.88. The molecule has 2 aromatic rings. The molecule has 0 amide bonds. The lowest BCUT2D eigenvalue weighted by Crippen LogP contribution is -2.33. The van der Waals surface area contributed by atoms with Gasteiger partial charge in [-0.15, -0.1) is 0 Å². The predicted molar refractivity (Wildman–Crippen MR) is 94.5 cm³/mol. The minimum Gasteiger partial charge on any atom is -0.496 e. The Labute approximate surface area is 139 Å². The minimum atomic E-state index is 0.0895. The van der Waals surface area contributed by atoms with Crippen molar-refractivity contribution >= 4 is 0 Å². The second kappa shape index (κ2) is 7.85. The molecule has 3 rings (SSSR count). The van der Waals surface area contributed by atoms with Crippen LogP contribution >= 0.6 is 0 Å². The van der Waals surface area contributed by atoms with Crippen LogP contribution in [0.5, 0.6) is 5.75 Å². The normalized spacial score (nSPS) is 16.2. The first-order chi connectivity index (χ1) is 11.4. The quantitative estimate of drug-likeness (QED) is 0.785. The van der Waals surface area contributed by atoms with E-state index in [1.165, 1.54) is 24.8 Å². The SMILES string of the molecule is COc1ccccc1C(C#Cc1ccccc1)N1CCCCC1. The van der Waals surface area contributed by atoms with Crippen molar-refractivity contribution in [2.24, 2.45) is 0 Å². The van der Waals surface area contributed by atoms with Crippen LogP contribution in [-0.4, -0.2) is 25.1 Å². The van der Waals surface area contributed by atoms with Gasteiger partial charge in [-0.2, -0.15) is 0 Å². The first-order valence-electron chi connectivity index (χ1n) is 8.32. The Morgan fingerprint density at radius 3 is 2.35 bits per heavy atom. The van der Waals surface area contributed by atoms with Gasteiger partial charge in [0.15, 0.2) is 0 Å². The number of hydrogen-bond donors (Lipinski definition) is 0. The first-order valence-corrected chi connectivity index (χ1v) is 8.32. The van der Waals surface area contributed by atoms with Gasteiger partial charge in [0.1, 0.15) is 11.8 Å². The van der Waals surface area contributed by atoms with Crippen LogP contribution in [0.1, 0.15) is 36.4 Å². The summed E-state index contributed by atoms with van der Waals surface area (Å²) in [4.78, 5) is 2.48. The number of likely N-dealkylation sites (tertiary alicyclic amines) is 1. The molecule has 1 atom stereocenters. The first kappa shape index (κ1) is 15.6. The van der Waals surface area contributed by atoms with Crippen molar-refractivity contribution in [1.29, 1.82) is 0 Å². The van der Waals surface area contributed by atoms with E-state index in [0.717, 1.165) is 24.4 Å². The van der Waals surface area contributed by atoms with E-state index in [9.17, 15) is 0 Å². The van der Waals surface area contributed by atoms with Crippen LogP contribution in [-0.2, 0) is 0 Å². The molecule has 2 heteroatoms. The fourth-order valence-electron chi connectivity index (χ4n) is 3.11. The molecule has 0 saturated carbocycles. The molecular formula is C21H23NO. The van der Waals surface area contributed by atoms with Gasteiger partial charge >= 0.3 is 0 Å². The molecule has 1 aliphatic rings. The molecule has 2 nitrogen and oxygen atoms in total. The van der Waals surface area contributed by atoms with Crippen LogP contribution in [0.2, 0.25) is 0 Å². The van der Waals surface area contributed by atoms with Crippen molar-refractivity contribution in [2.45, 2.75) is 25.3 Å². The molecule has 0 aromatic heterocycles. The third-order valence-corrected chi connectivity index (χ3v) is 4.32. The Morgan fingerprint density at radius 1 is 0.913 bits per heavy atom. The molecule has 0 aliphatic carbocycles. The number of rotatable bonds is 3. The molecule has 2 aromatic carbocycles. The summed E-state index contributed by atoms with van der Waals surface area (Å²) in [7, 11) is 1.73. The maximum Gasteiger partial charge on any atom is 0.124 e. The molecule has 23 heavy (non-hydrogen) atoms. The molecule has 0 spiro atoms. The Morgan fingerprint density at radius 2 is 1.61 bits per heavy atom. The largest absolute Gasteiger partial charge is 0.496 e. The van der Waals surface area contributed by atoms with Crippen molar-refractivity contribution in [1.82, 2.24) is 4.90 Å². The van der Waals surface area contributed by atoms with Crippen molar-refractivity contribution in [3.63, 3.8) is 0 Å². The number of para-hydroxylation sites is 1. The lowest BCUT2D eigenvalue weighted by Gasteiger charge is -2.32. The van der Waals surface area contributed by atoms with Crippen molar-refractivity contribution < 1.29 is 4.74 Å². The highest BCUT2D eigenvalue weighted by atomic mass is 16.5. The topological polar surface area (TPSA) is 12.5 Å². The van der Waals surface area contributed by atoms with E-state index in [0.29, 0.717) is 0 Å². The maximum atomic E-state index is 5.57. The van der Waals surface area contributed by atoms with Crippen LogP contribution < -0.4 is 4.74 Å². The van der Waals surface area contributed by atoms with Gasteiger partial charge in [0.2, 0.25) is 0 Å². The highest BCUT2D eigenvalue weighted by Crippen LogP contribution is 2.30. The van der Waals surface area contributed by atoms with Crippen LogP contribution in [0.25, 0.3) is 0 Å². The van der Waals surface area contributed by atoms with Gasteiger partial charge in [0.05, 0.1) is 7.11 Å². The molecule has 1 heterocycles. The number of benzene rings is 2. The number of nitrogens with zero attached hydrogens (tertiary/aromatic N) is 1. The van der Waals surface area contributed by atoms with E-state index in [4.69, 9.17) is 4.74 Å². The molecule has 0 bridgehead atoms. The standard InChI is InChI=1S/C21H23NO/c1-23-21-13-7-6-12-19(21)20(22-16-8-3-9-17-22)15-14-18-10-4-2-5-11-18/h2,4-7,10-13,20H,3,8-9,16-17H2,1H3. The van der Waals surface area contributed by atoms with E-state index in [-0.39, 0.29) is 6.04 Å². The molecule has 1 aliphatic heterocycles. The van der Waals surface area contributed by atoms with Gasteiger partial charge in [-0.25, -0.2) is 0 Å². The van der Waals surface area contributed by atoms with Crippen molar-refractivity contribution in [3.05, 3.63) is 65.7 Å². The van der Waals surface area contributed by atoms with Crippen LogP contribution in [0.15, 0.2) is 54.6 Å². The van der Waals surface area contributed by atoms with Gasteiger partial charge in [-0.1, -0.05) is 54.7 Å². The molecule has 1 saturated heterocycles. The Balaban J connectivity index is 1.95. The Kier molecular flexibility index (Phi) is 5.34. The van der Waals surface area contributed by atoms with Gasteiger partial charge < -0.3 is 4.74 Å². The fraction of sp³-hybridized carbons (Fsp3) is 0.333. The van der Waals surface area contributed by atoms with Gasteiger partial charge in [0.25, 0.3) is 0 Å². The summed E-state index contributed by atoms with van der Waals surface area (Å²) >= 11 is 0. The van der Waals surface area contributed by atoms with E-state index in [1.54, 1.807) is 7.11 Å². The second-order valence-electron chi connectivity index (χ2n) is 5.88. The average molecular weight is 305 g/mol. The highest BCUT2D eigenvalue weighted by Gasteiger charge is 2.23. The summed E-state index contributed by atoms with van der Waals surface area (Å²) < 4.78 is 5.57. The lowest BCUT2D eigenvalue weighted by molar-refractivity contribution is 0.194. The Bertz CT molecular complexity index is 678. The van der Waals surface area contributed by atoms with Gasteiger partial charge in [0, 0.05) is 11.1 Å². The molecule has 118 valence electrons. The molecule has 0 N–H and O–H groups in total. The van der Waals surface area contributed by atoms with E-state index in [2.05, 4.69) is 41.0 Å². The zero-order chi connectivity index (χ0) is 15.9. The molecule has 1 fully saturated rings. The third kappa shape index (κ3) is 3.94. The zero-order valence-electron chi connectivity index (χ0n) is 13.7. The fourth-order valence-corrected chi connectivity index (χ4v) is 3.11. The highest BCUT2D eigenvalue weighted by molar-refractivity contribution is 5.43. The van der Waals surface area contributed by atoms with E-state index < -0.39 is 0 Å². The summed E-state index contributed by atoms with van der Waals surface area (Å²) in [5, 5.41) is 0. The summed E-state index contributed by atoms with van der Waals surface area (Å²) in [6.07, 6.45) is 3.82. The van der Waals surface area contributed by atoms with Crippen LogP contribution in [0.3, 0.4) is 0 Å². The van der Waals surface area contributed by atoms with Gasteiger partial charge in [-0.05, 0) is 44.1 Å². The summed E-state index contributed by atoms with van der Waals surface area (Å²) in [6, 6.07) is 18.5. The molecular weight excluding hydrogens is 282 g/mol. The third-order valence-electron chi connectivity index (χ3n) is 4.32. The van der Waals surface area contributed by atoms with E-state index >= 15 is 0 Å². The van der Waals surface area contributed by atoms with Crippen molar-refractivity contribution in [3.8, 4) is 17.6 Å². The summed E-state index contributed by atoms with van der Waals surface area (Å²) in [6.45, 7) is 2.21. The average Bonchev–Trinajstić information content (AvgIpc) is 2.64. The molecule has 0 radical (unpaired) electrons. The number of piperidine rings is 1. The van der Waals surface area contributed by atoms with Crippen molar-refractivity contribution in [2.75, 3.05) is 20.2 Å². The lowest BCUT2D eigenvalue weighted by atomic mass is 10.0. The number of methoxy groups -OCH3 is 1. The van der Waals surface area contributed by atoms with E-state index in [1.807, 2.05) is 30.3 Å². The number of hydrogen-bond acceptors (Lipinski definition) is 2. The predicted octanol–water partition coefficient (Wildman–Crippen LogP) is 4.27. The van der Waals surface area contributed by atoms with Crippen LogP contribution in [0, 0.1) is 11.8 Å². The van der Waals surface area contributed by atoms with Crippen LogP contribution in [0.4, 0.5) is 0 Å². The minimum absolute atomic E-state index is 0.0895. The number of ether oxygens (including phenoxy) is 1. The van der Waals surface area contributed by atoms with Gasteiger partial charge in [-0.3, -0.25) is 4.90 Å². The summed E-state index contributed by atoms with van der Waals surface area (Å²) in [5.74, 6) is 7.76. The zero-order valence-corrected chi connectivity index (χ0v) is 13.7. The monoisotopic (exact) mass is 305 g/mol. The smallest absolute Gasteiger partial charge is 0.124 e.